The Balaban J connectivity index is 1.91. The molecule has 1 saturated heterocycles. The highest BCUT2D eigenvalue weighted by Gasteiger charge is 2.23. The smallest absolute Gasteiger partial charge is 0.168 e. The molecule has 0 bridgehead atoms. The van der Waals surface area contributed by atoms with E-state index in [1.54, 1.807) is 31.5 Å². The van der Waals surface area contributed by atoms with E-state index in [2.05, 4.69) is 14.9 Å². The Bertz CT molecular complexity index is 923. The summed E-state index contributed by atoms with van der Waals surface area (Å²) in [4.78, 5) is 21.7. The van der Waals surface area contributed by atoms with E-state index in [1.165, 1.54) is 6.20 Å². The minimum absolute atomic E-state index is 0.239. The molecule has 0 saturated carbocycles. The SMILES string of the molecule is COC1CCN(c2cnc(C)c(/C(N)=C/C(=C\N)c3ccnc(C=O)c3)c2)C1. The lowest BCUT2D eigenvalue weighted by atomic mass is 10.0. The zero-order valence-corrected chi connectivity index (χ0v) is 16.1. The first-order chi connectivity index (χ1) is 13.5. The van der Waals surface area contributed by atoms with Crippen molar-refractivity contribution in [1.29, 1.82) is 0 Å². The molecular formula is C21H25N5O2. The number of pyridine rings is 2. The minimum atomic E-state index is 0.239. The van der Waals surface area contributed by atoms with Gasteiger partial charge < -0.3 is 21.1 Å². The zero-order valence-electron chi connectivity index (χ0n) is 16.1. The monoisotopic (exact) mass is 379 g/mol. The number of nitrogens with two attached hydrogens (primary N) is 2. The first-order valence-corrected chi connectivity index (χ1v) is 9.11. The summed E-state index contributed by atoms with van der Waals surface area (Å²) in [5, 5.41) is 0. The normalized spacial score (nSPS) is 17.8. The van der Waals surface area contributed by atoms with Crippen molar-refractivity contribution in [2.24, 2.45) is 11.5 Å². The van der Waals surface area contributed by atoms with Gasteiger partial charge in [-0.05, 0) is 48.8 Å². The number of allylic oxidation sites excluding steroid dienone is 2. The van der Waals surface area contributed by atoms with E-state index < -0.39 is 0 Å². The van der Waals surface area contributed by atoms with Gasteiger partial charge in [-0.2, -0.15) is 0 Å². The summed E-state index contributed by atoms with van der Waals surface area (Å²) in [5.74, 6) is 0. The second kappa shape index (κ2) is 8.67. The third kappa shape index (κ3) is 4.20. The summed E-state index contributed by atoms with van der Waals surface area (Å²) in [6, 6.07) is 5.50. The van der Waals surface area contributed by atoms with Gasteiger partial charge in [-0.1, -0.05) is 0 Å². The lowest BCUT2D eigenvalue weighted by Gasteiger charge is -2.19. The minimum Gasteiger partial charge on any atom is -0.404 e. The molecule has 7 nitrogen and oxygen atoms in total. The number of aldehydes is 1. The van der Waals surface area contributed by atoms with E-state index in [1.807, 2.05) is 19.2 Å². The van der Waals surface area contributed by atoms with Crippen LogP contribution in [0.25, 0.3) is 11.3 Å². The van der Waals surface area contributed by atoms with Crippen LogP contribution in [-0.4, -0.2) is 42.6 Å². The fourth-order valence-corrected chi connectivity index (χ4v) is 3.31. The van der Waals surface area contributed by atoms with Crippen molar-refractivity contribution in [3.05, 3.63) is 65.4 Å². The molecule has 4 N–H and O–H groups in total. The van der Waals surface area contributed by atoms with Crippen molar-refractivity contribution in [1.82, 2.24) is 9.97 Å². The molecule has 0 radical (unpaired) electrons. The number of carbonyl (C=O) groups excluding carboxylic acids is 1. The fraction of sp³-hybridized carbons (Fsp3) is 0.286. The van der Waals surface area contributed by atoms with Crippen molar-refractivity contribution in [2.75, 3.05) is 25.1 Å². The highest BCUT2D eigenvalue weighted by atomic mass is 16.5. The Morgan fingerprint density at radius 3 is 2.86 bits per heavy atom. The third-order valence-corrected chi connectivity index (χ3v) is 4.95. The summed E-state index contributed by atoms with van der Waals surface area (Å²) in [6.07, 6.45) is 8.62. The maximum absolute atomic E-state index is 11.0. The molecule has 7 heteroatoms. The topological polar surface area (TPSA) is 107 Å². The molecule has 146 valence electrons. The van der Waals surface area contributed by atoms with E-state index in [4.69, 9.17) is 16.2 Å². The molecule has 0 aromatic carbocycles. The Hall–Kier alpha value is -3.19. The van der Waals surface area contributed by atoms with Crippen molar-refractivity contribution in [2.45, 2.75) is 19.4 Å². The van der Waals surface area contributed by atoms with Crippen molar-refractivity contribution < 1.29 is 9.53 Å². The molecule has 0 spiro atoms. The molecule has 2 aromatic heterocycles. The van der Waals surface area contributed by atoms with Gasteiger partial charge >= 0.3 is 0 Å². The summed E-state index contributed by atoms with van der Waals surface area (Å²) in [5.41, 5.74) is 17.3. The largest absolute Gasteiger partial charge is 0.404 e. The quantitative estimate of drug-likeness (QED) is 0.585. The molecule has 3 heterocycles. The van der Waals surface area contributed by atoms with Crippen molar-refractivity contribution >= 4 is 23.2 Å². The van der Waals surface area contributed by atoms with Crippen molar-refractivity contribution in [3.63, 3.8) is 0 Å². The van der Waals surface area contributed by atoms with Gasteiger partial charge in [0.05, 0.1) is 18.0 Å². The van der Waals surface area contributed by atoms with E-state index in [0.29, 0.717) is 23.3 Å². The summed E-state index contributed by atoms with van der Waals surface area (Å²) in [7, 11) is 1.74. The Kier molecular flexibility index (Phi) is 6.06. The molecule has 0 aliphatic carbocycles. The Labute approximate surface area is 164 Å². The van der Waals surface area contributed by atoms with Crippen LogP contribution in [0.3, 0.4) is 0 Å². The number of nitrogens with zero attached hydrogens (tertiary/aromatic N) is 3. The number of ether oxygens (including phenoxy) is 1. The van der Waals surface area contributed by atoms with E-state index in [-0.39, 0.29) is 6.10 Å². The number of hydrogen-bond donors (Lipinski definition) is 2. The van der Waals surface area contributed by atoms with E-state index in [9.17, 15) is 4.79 Å². The van der Waals surface area contributed by atoms with Crippen molar-refractivity contribution in [3.8, 4) is 0 Å². The van der Waals surface area contributed by atoms with Gasteiger partial charge in [0.25, 0.3) is 0 Å². The average molecular weight is 379 g/mol. The molecule has 1 atom stereocenters. The molecule has 1 aliphatic heterocycles. The van der Waals surface area contributed by atoms with Gasteiger partial charge in [-0.25, -0.2) is 0 Å². The molecule has 28 heavy (non-hydrogen) atoms. The second-order valence-corrected chi connectivity index (χ2v) is 6.73. The fourth-order valence-electron chi connectivity index (χ4n) is 3.31. The number of aromatic nitrogens is 2. The highest BCUT2D eigenvalue weighted by Crippen LogP contribution is 2.26. The molecule has 1 fully saturated rings. The summed E-state index contributed by atoms with van der Waals surface area (Å²) >= 11 is 0. The maximum Gasteiger partial charge on any atom is 0.168 e. The summed E-state index contributed by atoms with van der Waals surface area (Å²) in [6.45, 7) is 3.68. The first kappa shape index (κ1) is 19.6. The molecular weight excluding hydrogens is 354 g/mol. The standard InChI is InChI=1S/C21H25N5O2/c1-14-20(9-18(11-25-14)26-6-4-19(12-26)28-2)21(23)8-16(10-22)15-3-5-24-17(7-15)13-27/h3,5,7-11,13,19H,4,6,12,22-23H2,1-2H3/b16-10+,21-8-. The zero-order chi connectivity index (χ0) is 20.1. The second-order valence-electron chi connectivity index (χ2n) is 6.73. The number of aryl methyl sites for hydroxylation is 1. The predicted molar refractivity (Wildman–Crippen MR) is 111 cm³/mol. The van der Waals surface area contributed by atoms with Crippen LogP contribution in [0.4, 0.5) is 5.69 Å². The number of rotatable bonds is 6. The van der Waals surface area contributed by atoms with Crippen LogP contribution in [0.5, 0.6) is 0 Å². The molecule has 0 amide bonds. The molecule has 3 rings (SSSR count). The summed E-state index contributed by atoms with van der Waals surface area (Å²) < 4.78 is 5.45. The van der Waals surface area contributed by atoms with Crippen LogP contribution in [-0.2, 0) is 4.74 Å². The highest BCUT2D eigenvalue weighted by molar-refractivity contribution is 5.85. The van der Waals surface area contributed by atoms with Crippen LogP contribution < -0.4 is 16.4 Å². The van der Waals surface area contributed by atoms with Gasteiger partial charge in [0.15, 0.2) is 6.29 Å². The van der Waals surface area contributed by atoms with Crippen LogP contribution in [0.15, 0.2) is 42.9 Å². The Morgan fingerprint density at radius 1 is 1.36 bits per heavy atom. The number of carbonyl (C=O) groups is 1. The first-order valence-electron chi connectivity index (χ1n) is 9.11. The van der Waals surface area contributed by atoms with Gasteiger partial charge in [-0.15, -0.1) is 0 Å². The molecule has 1 unspecified atom stereocenters. The van der Waals surface area contributed by atoms with Gasteiger partial charge in [0, 0.05) is 49.6 Å². The van der Waals surface area contributed by atoms with Gasteiger partial charge in [0.2, 0.25) is 0 Å². The van der Waals surface area contributed by atoms with Crippen LogP contribution >= 0.6 is 0 Å². The lowest BCUT2D eigenvalue weighted by molar-refractivity contribution is 0.111. The van der Waals surface area contributed by atoms with E-state index in [0.717, 1.165) is 42.0 Å². The van der Waals surface area contributed by atoms with Crippen LogP contribution in [0.2, 0.25) is 0 Å². The van der Waals surface area contributed by atoms with Gasteiger partial charge in [-0.3, -0.25) is 14.8 Å². The Morgan fingerprint density at radius 2 is 2.18 bits per heavy atom. The van der Waals surface area contributed by atoms with Crippen LogP contribution in [0, 0.1) is 6.92 Å². The maximum atomic E-state index is 11.0. The number of hydrogen-bond acceptors (Lipinski definition) is 7. The predicted octanol–water partition coefficient (Wildman–Crippen LogP) is 2.12. The van der Waals surface area contributed by atoms with Gasteiger partial charge in [0.1, 0.15) is 5.69 Å². The molecule has 1 aliphatic rings. The third-order valence-electron chi connectivity index (χ3n) is 4.95. The van der Waals surface area contributed by atoms with Crippen LogP contribution in [0.1, 0.15) is 33.7 Å². The number of methoxy groups -OCH3 is 1. The van der Waals surface area contributed by atoms with E-state index >= 15 is 0 Å². The lowest BCUT2D eigenvalue weighted by Crippen LogP contribution is -2.22. The number of anilines is 1. The average Bonchev–Trinajstić information content (AvgIpc) is 3.21. The molecule has 2 aromatic rings.